The fourth-order valence-corrected chi connectivity index (χ4v) is 5.48. The van der Waals surface area contributed by atoms with Gasteiger partial charge in [0, 0.05) is 12.1 Å². The van der Waals surface area contributed by atoms with E-state index in [0.717, 1.165) is 27.8 Å². The molecule has 4 N–H and O–H groups in total. The average molecular weight is 502 g/mol. The molecule has 3 aliphatic rings. The molecule has 0 radical (unpaired) electrons. The van der Waals surface area contributed by atoms with Crippen molar-refractivity contribution in [1.29, 1.82) is 0 Å². The van der Waals surface area contributed by atoms with Gasteiger partial charge in [-0.25, -0.2) is 4.79 Å². The number of rotatable bonds is 5. The standard InChI is InChI=1S/C26H31NO9/c1-3-34-26(32)27-9-8-14-11-17(35-25-23(31)22(30)21(29)18(12-28)36-25)24(33-2)20-15-7-5-4-6-13(15)10-16(27)19(14)20/h4-7,11,16,18,21-23,25,28-31H,3,8-10,12H2,1-2H3. The molecule has 6 atom stereocenters. The molecule has 1 aliphatic carbocycles. The van der Waals surface area contributed by atoms with Crippen molar-refractivity contribution in [3.63, 3.8) is 0 Å². The van der Waals surface area contributed by atoms with E-state index < -0.39 is 37.3 Å². The molecular weight excluding hydrogens is 470 g/mol. The molecule has 10 heteroatoms. The van der Waals surface area contributed by atoms with E-state index in [4.69, 9.17) is 18.9 Å². The number of ether oxygens (including phenoxy) is 4. The lowest BCUT2D eigenvalue weighted by molar-refractivity contribution is -0.277. The van der Waals surface area contributed by atoms with Gasteiger partial charge in [-0.2, -0.15) is 0 Å². The lowest BCUT2D eigenvalue weighted by Crippen LogP contribution is -2.60. The monoisotopic (exact) mass is 501 g/mol. The number of benzene rings is 2. The van der Waals surface area contributed by atoms with Gasteiger partial charge in [0.15, 0.2) is 11.5 Å². The topological polar surface area (TPSA) is 138 Å². The van der Waals surface area contributed by atoms with Gasteiger partial charge in [-0.1, -0.05) is 24.3 Å². The first-order chi connectivity index (χ1) is 17.4. The van der Waals surface area contributed by atoms with Gasteiger partial charge in [0.25, 0.3) is 0 Å². The molecule has 10 nitrogen and oxygen atoms in total. The number of carbonyl (C=O) groups is 1. The third-order valence-electron chi connectivity index (χ3n) is 7.20. The number of nitrogens with zero attached hydrogens (tertiary/aromatic N) is 1. The molecule has 2 aromatic rings. The second kappa shape index (κ2) is 9.87. The third kappa shape index (κ3) is 3.99. The summed E-state index contributed by atoms with van der Waals surface area (Å²) < 4.78 is 22.8. The molecule has 2 aromatic carbocycles. The SMILES string of the molecule is CCOC(=O)N1CCc2cc(OC3OC(CO)C(O)C(O)C3O)c(OC)c3c2C1Cc1ccccc1-3. The lowest BCUT2D eigenvalue weighted by atomic mass is 9.76. The van der Waals surface area contributed by atoms with E-state index in [1.54, 1.807) is 11.8 Å². The Morgan fingerprint density at radius 3 is 2.64 bits per heavy atom. The largest absolute Gasteiger partial charge is 0.492 e. The summed E-state index contributed by atoms with van der Waals surface area (Å²) in [6, 6.07) is 9.45. The average Bonchev–Trinajstić information content (AvgIpc) is 2.89. The van der Waals surface area contributed by atoms with Crippen LogP contribution in [0.15, 0.2) is 30.3 Å². The zero-order chi connectivity index (χ0) is 25.6. The normalized spacial score (nSPS) is 28.7. The summed E-state index contributed by atoms with van der Waals surface area (Å²) in [5.41, 5.74) is 4.71. The van der Waals surface area contributed by atoms with Gasteiger partial charge in [-0.3, -0.25) is 0 Å². The van der Waals surface area contributed by atoms with Crippen molar-refractivity contribution in [2.75, 3.05) is 26.9 Å². The van der Waals surface area contributed by atoms with Gasteiger partial charge in [-0.05, 0) is 48.1 Å². The van der Waals surface area contributed by atoms with Gasteiger partial charge in [-0.15, -0.1) is 0 Å². The zero-order valence-electron chi connectivity index (χ0n) is 20.2. The molecule has 1 amide bonds. The van der Waals surface area contributed by atoms with Crippen molar-refractivity contribution in [2.24, 2.45) is 0 Å². The summed E-state index contributed by atoms with van der Waals surface area (Å²) in [5.74, 6) is 0.684. The van der Waals surface area contributed by atoms with Crippen molar-refractivity contribution < 1.29 is 44.2 Å². The number of hydrogen-bond donors (Lipinski definition) is 4. The minimum atomic E-state index is -1.56. The number of methoxy groups -OCH3 is 1. The van der Waals surface area contributed by atoms with Crippen LogP contribution in [0.25, 0.3) is 11.1 Å². The predicted molar refractivity (Wildman–Crippen MR) is 127 cm³/mol. The number of amides is 1. The Labute approximate surface area is 208 Å². The Morgan fingerprint density at radius 2 is 1.92 bits per heavy atom. The predicted octanol–water partition coefficient (Wildman–Crippen LogP) is 1.15. The molecule has 2 heterocycles. The van der Waals surface area contributed by atoms with Crippen LogP contribution < -0.4 is 9.47 Å². The minimum Gasteiger partial charge on any atom is -0.492 e. The fraction of sp³-hybridized carbons (Fsp3) is 0.500. The molecule has 6 unspecified atom stereocenters. The van der Waals surface area contributed by atoms with E-state index in [2.05, 4.69) is 0 Å². The Hall–Kier alpha value is -2.89. The number of carbonyl (C=O) groups excluding carboxylic acids is 1. The highest BCUT2D eigenvalue weighted by Gasteiger charge is 2.46. The van der Waals surface area contributed by atoms with Crippen LogP contribution in [0.3, 0.4) is 0 Å². The molecule has 194 valence electrons. The molecule has 36 heavy (non-hydrogen) atoms. The van der Waals surface area contributed by atoms with Gasteiger partial charge in [0.2, 0.25) is 6.29 Å². The molecule has 1 fully saturated rings. The fourth-order valence-electron chi connectivity index (χ4n) is 5.48. The highest BCUT2D eigenvalue weighted by atomic mass is 16.7. The summed E-state index contributed by atoms with van der Waals surface area (Å²) in [6.45, 7) is 1.97. The van der Waals surface area contributed by atoms with E-state index >= 15 is 0 Å². The van der Waals surface area contributed by atoms with Crippen molar-refractivity contribution in [3.05, 3.63) is 47.0 Å². The Bertz CT molecular complexity index is 1140. The molecule has 1 saturated heterocycles. The first-order valence-electron chi connectivity index (χ1n) is 12.1. The quantitative estimate of drug-likeness (QED) is 0.475. The molecule has 2 aliphatic heterocycles. The van der Waals surface area contributed by atoms with E-state index in [1.165, 1.54) is 7.11 Å². The van der Waals surface area contributed by atoms with E-state index in [9.17, 15) is 25.2 Å². The maximum Gasteiger partial charge on any atom is 0.410 e. The second-order valence-corrected chi connectivity index (χ2v) is 9.19. The van der Waals surface area contributed by atoms with Crippen LogP contribution in [-0.4, -0.2) is 89.0 Å². The van der Waals surface area contributed by atoms with E-state index in [1.807, 2.05) is 30.3 Å². The van der Waals surface area contributed by atoms with Gasteiger partial charge in [0.1, 0.15) is 24.4 Å². The van der Waals surface area contributed by atoms with Crippen LogP contribution in [0.1, 0.15) is 29.7 Å². The smallest absolute Gasteiger partial charge is 0.410 e. The third-order valence-corrected chi connectivity index (χ3v) is 7.20. The highest BCUT2D eigenvalue weighted by molar-refractivity contribution is 5.84. The van der Waals surface area contributed by atoms with Crippen LogP contribution in [-0.2, 0) is 22.3 Å². The number of hydrogen-bond acceptors (Lipinski definition) is 9. The second-order valence-electron chi connectivity index (χ2n) is 9.19. The van der Waals surface area contributed by atoms with Gasteiger partial charge >= 0.3 is 6.09 Å². The highest BCUT2D eigenvalue weighted by Crippen LogP contribution is 2.53. The maximum absolute atomic E-state index is 12.8. The zero-order valence-corrected chi connectivity index (χ0v) is 20.2. The molecule has 5 rings (SSSR count). The number of aliphatic hydroxyl groups is 4. The Balaban J connectivity index is 1.61. The van der Waals surface area contributed by atoms with Crippen LogP contribution >= 0.6 is 0 Å². The first kappa shape index (κ1) is 24.8. The molecule has 0 spiro atoms. The molecule has 0 aromatic heterocycles. The summed E-state index contributed by atoms with van der Waals surface area (Å²) in [4.78, 5) is 14.6. The summed E-state index contributed by atoms with van der Waals surface area (Å²) in [7, 11) is 1.51. The molecule has 0 bridgehead atoms. The Kier molecular flexibility index (Phi) is 6.80. The van der Waals surface area contributed by atoms with Crippen molar-refractivity contribution in [1.82, 2.24) is 4.90 Å². The summed E-state index contributed by atoms with van der Waals surface area (Å²) in [5, 5.41) is 40.4. The van der Waals surface area contributed by atoms with E-state index in [0.29, 0.717) is 25.1 Å². The lowest BCUT2D eigenvalue weighted by Gasteiger charge is -2.42. The number of aliphatic hydroxyl groups excluding tert-OH is 4. The first-order valence-corrected chi connectivity index (χ1v) is 12.1. The van der Waals surface area contributed by atoms with Gasteiger partial charge in [0.05, 0.1) is 26.4 Å². The maximum atomic E-state index is 12.8. The van der Waals surface area contributed by atoms with Crippen LogP contribution in [0, 0.1) is 0 Å². The van der Waals surface area contributed by atoms with Crippen molar-refractivity contribution in [3.8, 4) is 22.6 Å². The molecular formula is C26H31NO9. The number of fused-ring (bicyclic) bond motifs is 2. The van der Waals surface area contributed by atoms with E-state index in [-0.39, 0.29) is 24.5 Å². The van der Waals surface area contributed by atoms with Crippen LogP contribution in [0.4, 0.5) is 4.79 Å². The van der Waals surface area contributed by atoms with Crippen molar-refractivity contribution in [2.45, 2.75) is 56.5 Å². The summed E-state index contributed by atoms with van der Waals surface area (Å²) >= 11 is 0. The summed E-state index contributed by atoms with van der Waals surface area (Å²) in [6.07, 6.45) is -6.24. The van der Waals surface area contributed by atoms with Gasteiger partial charge < -0.3 is 44.3 Å². The van der Waals surface area contributed by atoms with Crippen LogP contribution in [0.5, 0.6) is 11.5 Å². The molecule has 0 saturated carbocycles. The minimum absolute atomic E-state index is 0.243. The van der Waals surface area contributed by atoms with Crippen LogP contribution in [0.2, 0.25) is 0 Å². The van der Waals surface area contributed by atoms with Crippen molar-refractivity contribution >= 4 is 6.09 Å². The Morgan fingerprint density at radius 1 is 1.14 bits per heavy atom.